The number of aromatic amines is 2. The molecule has 4 nitrogen and oxygen atoms in total. The number of rotatable bonds is 6. The Labute approximate surface area is 168 Å². The van der Waals surface area contributed by atoms with Gasteiger partial charge >= 0.3 is 0 Å². The summed E-state index contributed by atoms with van der Waals surface area (Å²) >= 11 is 11.2. The molecule has 0 saturated heterocycles. The maximum atomic E-state index is 6.36. The lowest BCUT2D eigenvalue weighted by Crippen LogP contribution is -2.03. The second kappa shape index (κ2) is 7.56. The molecule has 0 bridgehead atoms. The molecule has 134 valence electrons. The molecule has 0 radical (unpaired) electrons. The minimum atomic E-state index is 0.455. The average Bonchev–Trinajstić information content (AvgIpc) is 3.21. The molecule has 4 aromatic rings. The minimum absolute atomic E-state index is 0.455. The molecule has 0 aliphatic rings. The summed E-state index contributed by atoms with van der Waals surface area (Å²) in [5, 5.41) is 2.79. The van der Waals surface area contributed by atoms with E-state index in [0.717, 1.165) is 37.7 Å². The van der Waals surface area contributed by atoms with Gasteiger partial charge in [-0.1, -0.05) is 33.6 Å². The summed E-state index contributed by atoms with van der Waals surface area (Å²) in [7, 11) is 0. The third kappa shape index (κ3) is 3.60. The van der Waals surface area contributed by atoms with Crippen molar-refractivity contribution in [1.82, 2.24) is 9.97 Å². The van der Waals surface area contributed by atoms with Gasteiger partial charge in [-0.3, -0.25) is 0 Å². The highest BCUT2D eigenvalue weighted by molar-refractivity contribution is 9.10. The minimum Gasteiger partial charge on any atom is -0.489 e. The van der Waals surface area contributed by atoms with Crippen LogP contribution in [0.4, 0.5) is 0 Å². The van der Waals surface area contributed by atoms with Crippen LogP contribution in [-0.4, -0.2) is 29.4 Å². The van der Waals surface area contributed by atoms with Gasteiger partial charge in [0.2, 0.25) is 0 Å². The van der Waals surface area contributed by atoms with Gasteiger partial charge in [-0.2, -0.15) is 0 Å². The monoisotopic (exact) mass is 450 g/mol. The number of benzene rings is 2. The molecule has 2 aromatic heterocycles. The molecule has 0 aliphatic heterocycles. The number of aromatic nitrogens is 2. The Bertz CT molecular complexity index is 1080. The van der Waals surface area contributed by atoms with Crippen molar-refractivity contribution in [2.75, 3.05) is 19.5 Å². The zero-order chi connectivity index (χ0) is 18.1. The predicted molar refractivity (Wildman–Crippen MR) is 113 cm³/mol. The highest BCUT2D eigenvalue weighted by Crippen LogP contribution is 2.33. The number of nitrogens with one attached hydrogen (secondary N) is 2. The maximum absolute atomic E-state index is 6.36. The predicted octanol–water partition coefficient (Wildman–Crippen LogP) is 6.41. The number of ether oxygens (including phenoxy) is 1. The van der Waals surface area contributed by atoms with E-state index >= 15 is 0 Å². The number of hydrogen-bond acceptors (Lipinski definition) is 3. The Morgan fingerprint density at radius 3 is 2.46 bits per heavy atom. The third-order valence-corrected chi connectivity index (χ3v) is 5.28. The number of halogens is 2. The summed E-state index contributed by atoms with van der Waals surface area (Å²) in [5.41, 5.74) is 4.10. The molecule has 0 amide bonds. The normalized spacial score (nSPS) is 11.5. The Hall–Kier alpha value is -1.60. The molecule has 0 atom stereocenters. The number of hydrogen-bond donors (Lipinski definition) is 2. The van der Waals surface area contributed by atoms with Gasteiger partial charge in [-0.25, -0.2) is 0 Å². The molecule has 4 rings (SSSR count). The van der Waals surface area contributed by atoms with Gasteiger partial charge in [-0.15, -0.1) is 0 Å². The molecule has 7 heteroatoms. The number of H-pyrrole nitrogens is 2. The third-order valence-electron chi connectivity index (χ3n) is 4.09. The van der Waals surface area contributed by atoms with Crippen LogP contribution in [-0.2, 0) is 4.18 Å². The van der Waals surface area contributed by atoms with E-state index in [4.69, 9.17) is 20.5 Å². The largest absolute Gasteiger partial charge is 0.489 e. The number of fused-ring (bicyclic) bond motifs is 2. The van der Waals surface area contributed by atoms with Gasteiger partial charge in [0, 0.05) is 38.6 Å². The van der Waals surface area contributed by atoms with Crippen LogP contribution in [0.15, 0.2) is 46.9 Å². The lowest BCUT2D eigenvalue weighted by atomic mass is 10.2. The molecule has 0 aliphatic carbocycles. The maximum Gasteiger partial charge on any atom is 0.140 e. The van der Waals surface area contributed by atoms with Gasteiger partial charge in [0.05, 0.1) is 23.0 Å². The molecule has 0 fully saturated rings. The van der Waals surface area contributed by atoms with E-state index in [1.54, 1.807) is 0 Å². The first-order chi connectivity index (χ1) is 12.6. The Morgan fingerprint density at radius 1 is 0.962 bits per heavy atom. The zero-order valence-electron chi connectivity index (χ0n) is 13.9. The van der Waals surface area contributed by atoms with Crippen LogP contribution in [0.5, 0.6) is 5.75 Å². The second-order valence-corrected chi connectivity index (χ2v) is 7.70. The first-order valence-electron chi connectivity index (χ1n) is 8.03. The highest BCUT2D eigenvalue weighted by atomic mass is 79.9. The summed E-state index contributed by atoms with van der Waals surface area (Å²) in [6.07, 6.45) is 1.88. The van der Waals surface area contributed by atoms with Crippen LogP contribution in [0.25, 0.3) is 33.2 Å². The fraction of sp³-hybridized carbons (Fsp3) is 0.158. The first-order valence-corrected chi connectivity index (χ1v) is 10.4. The van der Waals surface area contributed by atoms with Crippen molar-refractivity contribution in [3.05, 3.63) is 52.0 Å². The van der Waals surface area contributed by atoms with Crippen molar-refractivity contribution < 1.29 is 8.92 Å². The van der Waals surface area contributed by atoms with Crippen LogP contribution in [0.2, 0.25) is 5.02 Å². The Morgan fingerprint density at radius 2 is 1.69 bits per heavy atom. The summed E-state index contributed by atoms with van der Waals surface area (Å²) in [6, 6.07) is 14.3. The van der Waals surface area contributed by atoms with Gasteiger partial charge in [-0.05, 0) is 42.4 Å². The van der Waals surface area contributed by atoms with Crippen LogP contribution in [0.3, 0.4) is 0 Å². The molecule has 26 heavy (non-hydrogen) atoms. The molecule has 2 aromatic carbocycles. The zero-order valence-corrected chi connectivity index (χ0v) is 17.1. The van der Waals surface area contributed by atoms with Crippen LogP contribution in [0, 0.1) is 0 Å². The second-order valence-electron chi connectivity index (χ2n) is 5.80. The van der Waals surface area contributed by atoms with Gasteiger partial charge in [0.25, 0.3) is 0 Å². The van der Waals surface area contributed by atoms with E-state index in [9.17, 15) is 0 Å². The molecule has 0 saturated carbocycles. The van der Waals surface area contributed by atoms with Crippen molar-refractivity contribution >= 4 is 61.4 Å². The first kappa shape index (κ1) is 17.8. The van der Waals surface area contributed by atoms with E-state index in [1.807, 2.05) is 24.5 Å². The highest BCUT2D eigenvalue weighted by Gasteiger charge is 2.11. The van der Waals surface area contributed by atoms with Gasteiger partial charge < -0.3 is 18.9 Å². The van der Waals surface area contributed by atoms with E-state index in [0.29, 0.717) is 24.0 Å². The van der Waals surface area contributed by atoms with Crippen molar-refractivity contribution in [1.29, 1.82) is 0 Å². The van der Waals surface area contributed by atoms with E-state index < -0.39 is 0 Å². The van der Waals surface area contributed by atoms with Crippen molar-refractivity contribution in [2.45, 2.75) is 0 Å². The standard InChI is InChI=1S/C19H16BrClN2O2S/c1-26-25-5-4-24-19-10-16-12(6-14(19)21)8-18(23-16)17-7-11-2-3-13(20)9-15(11)22-17/h2-3,6-10,22-23H,4-5H2,1H3. The molecular weight excluding hydrogens is 436 g/mol. The fourth-order valence-corrected chi connectivity index (χ4v) is 3.72. The van der Waals surface area contributed by atoms with Crippen LogP contribution < -0.4 is 4.74 Å². The molecule has 0 spiro atoms. The topological polar surface area (TPSA) is 50.0 Å². The Balaban J connectivity index is 1.65. The Kier molecular flexibility index (Phi) is 5.18. The molecule has 2 N–H and O–H groups in total. The SMILES string of the molecule is CSOCCOc1cc2[nH]c(-c3cc4ccc(Br)cc4[nH]3)cc2cc1Cl. The van der Waals surface area contributed by atoms with E-state index in [1.165, 1.54) is 12.0 Å². The van der Waals surface area contributed by atoms with Crippen LogP contribution >= 0.6 is 39.6 Å². The summed E-state index contributed by atoms with van der Waals surface area (Å²) in [6.45, 7) is 0.965. The van der Waals surface area contributed by atoms with E-state index in [-0.39, 0.29) is 0 Å². The lowest BCUT2D eigenvalue weighted by Gasteiger charge is -2.07. The van der Waals surface area contributed by atoms with Gasteiger partial charge in [0.1, 0.15) is 12.4 Å². The van der Waals surface area contributed by atoms with E-state index in [2.05, 4.69) is 50.2 Å². The molecular formula is C19H16BrClN2O2S. The van der Waals surface area contributed by atoms with Gasteiger partial charge in [0.15, 0.2) is 0 Å². The van der Waals surface area contributed by atoms with Crippen molar-refractivity contribution in [2.24, 2.45) is 0 Å². The molecule has 2 heterocycles. The summed E-state index contributed by atoms with van der Waals surface area (Å²) in [4.78, 5) is 6.89. The quantitative estimate of drug-likeness (QED) is 0.263. The lowest BCUT2D eigenvalue weighted by molar-refractivity contribution is 0.239. The smallest absolute Gasteiger partial charge is 0.140 e. The van der Waals surface area contributed by atoms with Crippen molar-refractivity contribution in [3.63, 3.8) is 0 Å². The fourth-order valence-electron chi connectivity index (χ4n) is 2.90. The summed E-state index contributed by atoms with van der Waals surface area (Å²) < 4.78 is 12.0. The summed E-state index contributed by atoms with van der Waals surface area (Å²) in [5.74, 6) is 0.651. The average molecular weight is 452 g/mol. The van der Waals surface area contributed by atoms with Crippen molar-refractivity contribution in [3.8, 4) is 17.1 Å². The molecule has 0 unspecified atom stereocenters. The van der Waals surface area contributed by atoms with Crippen LogP contribution in [0.1, 0.15) is 0 Å².